The summed E-state index contributed by atoms with van der Waals surface area (Å²) < 4.78 is 22.8. The van der Waals surface area contributed by atoms with Gasteiger partial charge in [0.1, 0.15) is 6.04 Å². The lowest BCUT2D eigenvalue weighted by Crippen LogP contribution is -2.51. The third-order valence-corrected chi connectivity index (χ3v) is 4.63. The van der Waals surface area contributed by atoms with Gasteiger partial charge >= 0.3 is 0 Å². The second kappa shape index (κ2) is 5.62. The predicted molar refractivity (Wildman–Crippen MR) is 62.8 cm³/mol. The lowest BCUT2D eigenvalue weighted by Gasteiger charge is -2.34. The van der Waals surface area contributed by atoms with Gasteiger partial charge in [0.2, 0.25) is 0 Å². The van der Waals surface area contributed by atoms with Crippen molar-refractivity contribution in [3.05, 3.63) is 0 Å². The predicted octanol–water partition coefficient (Wildman–Crippen LogP) is -0.393. The maximum Gasteiger partial charge on any atom is 0.153 e. The minimum atomic E-state index is -2.86. The fourth-order valence-corrected chi connectivity index (χ4v) is 3.56. The largest absolute Gasteiger partial charge is 0.301 e. The van der Waals surface area contributed by atoms with Gasteiger partial charge in [-0.1, -0.05) is 6.92 Å². The summed E-state index contributed by atoms with van der Waals surface area (Å²) in [5.41, 5.74) is 0. The molecular formula is C10H19N3O2S. The van der Waals surface area contributed by atoms with Crippen LogP contribution in [-0.2, 0) is 9.84 Å². The first kappa shape index (κ1) is 13.4. The summed E-state index contributed by atoms with van der Waals surface area (Å²) in [6.07, 6.45) is 0. The summed E-state index contributed by atoms with van der Waals surface area (Å²) in [6.45, 7) is 5.73. The maximum absolute atomic E-state index is 11.4. The van der Waals surface area contributed by atoms with E-state index in [2.05, 4.69) is 16.3 Å². The van der Waals surface area contributed by atoms with Crippen LogP contribution in [0.5, 0.6) is 0 Å². The van der Waals surface area contributed by atoms with Gasteiger partial charge in [0, 0.05) is 19.1 Å². The molecule has 0 saturated carbocycles. The SMILES string of the molecule is CCNC(C#N)CN1CCS(=O)(=O)CC1C. The van der Waals surface area contributed by atoms with Gasteiger partial charge in [-0.3, -0.25) is 4.90 Å². The molecule has 0 bridgehead atoms. The minimum Gasteiger partial charge on any atom is -0.301 e. The van der Waals surface area contributed by atoms with Crippen LogP contribution in [0.3, 0.4) is 0 Å². The quantitative estimate of drug-likeness (QED) is 0.730. The van der Waals surface area contributed by atoms with E-state index in [9.17, 15) is 8.42 Å². The maximum atomic E-state index is 11.4. The Morgan fingerprint density at radius 2 is 2.31 bits per heavy atom. The Kier molecular flexibility index (Phi) is 4.71. The number of rotatable bonds is 4. The fourth-order valence-electron chi connectivity index (χ4n) is 1.94. The first-order chi connectivity index (χ1) is 7.48. The van der Waals surface area contributed by atoms with Crippen molar-refractivity contribution in [3.63, 3.8) is 0 Å². The Morgan fingerprint density at radius 1 is 1.62 bits per heavy atom. The van der Waals surface area contributed by atoms with Crippen molar-refractivity contribution in [1.29, 1.82) is 5.26 Å². The Balaban J connectivity index is 2.53. The van der Waals surface area contributed by atoms with E-state index >= 15 is 0 Å². The molecule has 0 radical (unpaired) electrons. The molecule has 2 unspecified atom stereocenters. The minimum absolute atomic E-state index is 0.00764. The van der Waals surface area contributed by atoms with Gasteiger partial charge in [-0.15, -0.1) is 0 Å². The molecule has 16 heavy (non-hydrogen) atoms. The normalized spacial score (nSPS) is 27.2. The number of hydrogen-bond donors (Lipinski definition) is 1. The van der Waals surface area contributed by atoms with Crippen molar-refractivity contribution in [3.8, 4) is 6.07 Å². The third kappa shape index (κ3) is 3.74. The summed E-state index contributed by atoms with van der Waals surface area (Å²) in [7, 11) is -2.86. The van der Waals surface area contributed by atoms with Crippen molar-refractivity contribution >= 4 is 9.84 Å². The van der Waals surface area contributed by atoms with E-state index in [1.165, 1.54) is 0 Å². The summed E-state index contributed by atoms with van der Waals surface area (Å²) in [5, 5.41) is 12.0. The molecule has 0 amide bonds. The summed E-state index contributed by atoms with van der Waals surface area (Å²) >= 11 is 0. The highest BCUT2D eigenvalue weighted by Crippen LogP contribution is 2.11. The van der Waals surface area contributed by atoms with Gasteiger partial charge in [-0.2, -0.15) is 5.26 Å². The first-order valence-corrected chi connectivity index (χ1v) is 7.38. The van der Waals surface area contributed by atoms with Crippen LogP contribution in [0.2, 0.25) is 0 Å². The van der Waals surface area contributed by atoms with Gasteiger partial charge < -0.3 is 5.32 Å². The van der Waals surface area contributed by atoms with Crippen LogP contribution in [0.25, 0.3) is 0 Å². The second-order valence-electron chi connectivity index (χ2n) is 4.20. The van der Waals surface area contributed by atoms with Crippen LogP contribution in [0.15, 0.2) is 0 Å². The van der Waals surface area contributed by atoms with E-state index < -0.39 is 9.84 Å². The van der Waals surface area contributed by atoms with E-state index in [1.807, 2.05) is 13.8 Å². The molecule has 6 heteroatoms. The zero-order valence-corrected chi connectivity index (χ0v) is 10.6. The zero-order chi connectivity index (χ0) is 12.2. The molecule has 1 N–H and O–H groups in total. The highest BCUT2D eigenvalue weighted by atomic mass is 32.2. The van der Waals surface area contributed by atoms with E-state index in [-0.39, 0.29) is 23.6 Å². The van der Waals surface area contributed by atoms with Crippen LogP contribution in [-0.4, -0.2) is 56.5 Å². The van der Waals surface area contributed by atoms with Crippen molar-refractivity contribution in [2.24, 2.45) is 0 Å². The van der Waals surface area contributed by atoms with E-state index in [1.54, 1.807) is 0 Å². The Morgan fingerprint density at radius 3 is 2.81 bits per heavy atom. The number of hydrogen-bond acceptors (Lipinski definition) is 5. The van der Waals surface area contributed by atoms with Gasteiger partial charge in [0.25, 0.3) is 0 Å². The van der Waals surface area contributed by atoms with Crippen molar-refractivity contribution in [2.45, 2.75) is 25.9 Å². The Bertz CT molecular complexity index is 361. The van der Waals surface area contributed by atoms with E-state index in [0.717, 1.165) is 6.54 Å². The van der Waals surface area contributed by atoms with Crippen molar-refractivity contribution in [2.75, 3.05) is 31.1 Å². The number of sulfone groups is 1. The van der Waals surface area contributed by atoms with Gasteiger partial charge in [0.05, 0.1) is 17.6 Å². The third-order valence-electron chi connectivity index (χ3n) is 2.83. The van der Waals surface area contributed by atoms with Gasteiger partial charge in [-0.05, 0) is 13.5 Å². The molecule has 2 atom stereocenters. The molecule has 1 heterocycles. The molecule has 1 fully saturated rings. The number of nitrogens with zero attached hydrogens (tertiary/aromatic N) is 2. The van der Waals surface area contributed by atoms with E-state index in [0.29, 0.717) is 13.1 Å². The highest BCUT2D eigenvalue weighted by Gasteiger charge is 2.29. The molecule has 0 spiro atoms. The molecule has 1 rings (SSSR count). The molecule has 0 aromatic heterocycles. The second-order valence-corrected chi connectivity index (χ2v) is 6.43. The number of likely N-dealkylation sites (N-methyl/N-ethyl adjacent to an activating group) is 1. The lowest BCUT2D eigenvalue weighted by atomic mass is 10.2. The average Bonchev–Trinajstić information content (AvgIpc) is 2.20. The highest BCUT2D eigenvalue weighted by molar-refractivity contribution is 7.91. The molecule has 92 valence electrons. The monoisotopic (exact) mass is 245 g/mol. The fraction of sp³-hybridized carbons (Fsp3) is 0.900. The summed E-state index contributed by atoms with van der Waals surface area (Å²) in [5.74, 6) is 0.416. The number of nitrogens with one attached hydrogen (secondary N) is 1. The van der Waals surface area contributed by atoms with Crippen LogP contribution >= 0.6 is 0 Å². The topological polar surface area (TPSA) is 73.2 Å². The van der Waals surface area contributed by atoms with Gasteiger partial charge in [0.15, 0.2) is 9.84 Å². The molecule has 0 aromatic carbocycles. The number of nitriles is 1. The van der Waals surface area contributed by atoms with Crippen molar-refractivity contribution in [1.82, 2.24) is 10.2 Å². The van der Waals surface area contributed by atoms with E-state index in [4.69, 9.17) is 5.26 Å². The lowest BCUT2D eigenvalue weighted by molar-refractivity contribution is 0.215. The smallest absolute Gasteiger partial charge is 0.153 e. The molecule has 5 nitrogen and oxygen atoms in total. The standard InChI is InChI=1S/C10H19N3O2S/c1-3-12-10(6-11)7-13-4-5-16(14,15)8-9(13)2/h9-10,12H,3-5,7-8H2,1-2H3. The molecule has 1 aliphatic rings. The van der Waals surface area contributed by atoms with Crippen LogP contribution in [0.4, 0.5) is 0 Å². The molecular weight excluding hydrogens is 226 g/mol. The first-order valence-electron chi connectivity index (χ1n) is 5.56. The Labute approximate surface area is 97.3 Å². The summed E-state index contributed by atoms with van der Waals surface area (Å²) in [6, 6.07) is 1.98. The van der Waals surface area contributed by atoms with Crippen LogP contribution in [0, 0.1) is 11.3 Å². The van der Waals surface area contributed by atoms with Crippen LogP contribution in [0.1, 0.15) is 13.8 Å². The molecule has 0 aromatic rings. The molecule has 0 aliphatic carbocycles. The van der Waals surface area contributed by atoms with Crippen molar-refractivity contribution < 1.29 is 8.42 Å². The summed E-state index contributed by atoms with van der Waals surface area (Å²) in [4.78, 5) is 2.07. The zero-order valence-electron chi connectivity index (χ0n) is 9.81. The van der Waals surface area contributed by atoms with Crippen LogP contribution < -0.4 is 5.32 Å². The molecule has 1 saturated heterocycles. The Hall–Kier alpha value is -0.640. The van der Waals surface area contributed by atoms with Gasteiger partial charge in [-0.25, -0.2) is 8.42 Å². The average molecular weight is 245 g/mol. The molecule has 1 aliphatic heterocycles.